The molecule has 37 heavy (non-hydrogen) atoms. The first kappa shape index (κ1) is 24.0. The summed E-state index contributed by atoms with van der Waals surface area (Å²) in [6.07, 6.45) is -1.81. The molecule has 3 aromatic rings. The Labute approximate surface area is 212 Å². The van der Waals surface area contributed by atoms with E-state index in [2.05, 4.69) is 29.2 Å². The van der Waals surface area contributed by atoms with Gasteiger partial charge >= 0.3 is 12.3 Å². The number of rotatable bonds is 3. The predicted molar refractivity (Wildman–Crippen MR) is 131 cm³/mol. The van der Waals surface area contributed by atoms with Crippen molar-refractivity contribution in [3.05, 3.63) is 89.2 Å². The number of halogens is 3. The van der Waals surface area contributed by atoms with Gasteiger partial charge in [0.25, 0.3) is 0 Å². The van der Waals surface area contributed by atoms with Crippen LogP contribution in [0.2, 0.25) is 0 Å². The van der Waals surface area contributed by atoms with Crippen LogP contribution in [0.3, 0.4) is 0 Å². The third-order valence-electron chi connectivity index (χ3n) is 8.11. The Morgan fingerprint density at radius 2 is 1.57 bits per heavy atom. The Morgan fingerprint density at radius 1 is 0.973 bits per heavy atom. The van der Waals surface area contributed by atoms with Crippen molar-refractivity contribution in [1.29, 1.82) is 0 Å². The standard InChI is InChI=1S/C29H27F3N2O3/c30-29(31,32)25-13-6-14-33-26(25)28(36)15-18-7-5-8-19(16-28)34(18)27(35)37-17-24-22-11-3-1-9-20(22)21-10-2-4-12-23(21)24/h1-4,6,9-14,18-19,24,36H,5,7-8,15-17H2. The number of aromatic nitrogens is 1. The van der Waals surface area contributed by atoms with Crippen LogP contribution >= 0.6 is 0 Å². The van der Waals surface area contributed by atoms with Crippen LogP contribution < -0.4 is 0 Å². The van der Waals surface area contributed by atoms with Gasteiger partial charge in [-0.25, -0.2) is 4.79 Å². The summed E-state index contributed by atoms with van der Waals surface area (Å²) in [5, 5.41) is 11.5. The molecule has 1 amide bonds. The number of piperidine rings is 2. The molecule has 3 aliphatic rings. The minimum Gasteiger partial charge on any atom is -0.448 e. The van der Waals surface area contributed by atoms with Crippen LogP contribution in [-0.2, 0) is 16.5 Å². The zero-order valence-corrected chi connectivity index (χ0v) is 20.1. The van der Waals surface area contributed by atoms with Crippen LogP contribution in [0.1, 0.15) is 60.4 Å². The Hall–Kier alpha value is -3.39. The van der Waals surface area contributed by atoms with E-state index in [1.807, 2.05) is 24.3 Å². The second-order valence-corrected chi connectivity index (χ2v) is 10.3. The third-order valence-corrected chi connectivity index (χ3v) is 8.11. The summed E-state index contributed by atoms with van der Waals surface area (Å²) < 4.78 is 47.0. The molecule has 2 unspecified atom stereocenters. The molecule has 8 heteroatoms. The van der Waals surface area contributed by atoms with Crippen molar-refractivity contribution in [1.82, 2.24) is 9.88 Å². The van der Waals surface area contributed by atoms with Gasteiger partial charge in [-0.2, -0.15) is 13.2 Å². The van der Waals surface area contributed by atoms with E-state index >= 15 is 0 Å². The Balaban J connectivity index is 1.22. The van der Waals surface area contributed by atoms with Crippen molar-refractivity contribution in [2.45, 2.75) is 61.9 Å². The first-order chi connectivity index (χ1) is 17.8. The van der Waals surface area contributed by atoms with Crippen molar-refractivity contribution in [3.8, 4) is 11.1 Å². The smallest absolute Gasteiger partial charge is 0.418 e. The summed E-state index contributed by atoms with van der Waals surface area (Å²) in [5.74, 6) is -0.0826. The van der Waals surface area contributed by atoms with Gasteiger partial charge in [-0.15, -0.1) is 0 Å². The lowest BCUT2D eigenvalue weighted by Gasteiger charge is -2.51. The molecule has 2 fully saturated rings. The quantitative estimate of drug-likeness (QED) is 0.454. The lowest BCUT2D eigenvalue weighted by atomic mass is 9.73. The van der Waals surface area contributed by atoms with Gasteiger partial charge in [0.1, 0.15) is 12.2 Å². The van der Waals surface area contributed by atoms with Crippen molar-refractivity contribution < 1.29 is 27.8 Å². The van der Waals surface area contributed by atoms with E-state index in [0.717, 1.165) is 34.7 Å². The first-order valence-corrected chi connectivity index (χ1v) is 12.6. The van der Waals surface area contributed by atoms with E-state index in [0.29, 0.717) is 12.8 Å². The summed E-state index contributed by atoms with van der Waals surface area (Å²) in [5.41, 5.74) is 1.45. The molecule has 0 saturated carbocycles. The lowest BCUT2D eigenvalue weighted by molar-refractivity contribution is -0.145. The second-order valence-electron chi connectivity index (χ2n) is 10.3. The van der Waals surface area contributed by atoms with Crippen molar-refractivity contribution in [3.63, 3.8) is 0 Å². The highest BCUT2D eigenvalue weighted by molar-refractivity contribution is 5.79. The monoisotopic (exact) mass is 508 g/mol. The van der Waals surface area contributed by atoms with Gasteiger partial charge in [-0.1, -0.05) is 48.5 Å². The zero-order valence-electron chi connectivity index (χ0n) is 20.1. The molecule has 1 aliphatic carbocycles. The number of benzene rings is 2. The number of carbonyl (C=O) groups excluding carboxylic acids is 1. The molecule has 2 atom stereocenters. The van der Waals surface area contributed by atoms with Gasteiger partial charge in [0, 0.05) is 37.0 Å². The van der Waals surface area contributed by atoms with E-state index in [-0.39, 0.29) is 31.1 Å². The summed E-state index contributed by atoms with van der Waals surface area (Å²) in [6.45, 7) is 0.172. The predicted octanol–water partition coefficient (Wildman–Crippen LogP) is 6.25. The van der Waals surface area contributed by atoms with E-state index in [1.165, 1.54) is 12.3 Å². The lowest BCUT2D eigenvalue weighted by Crippen LogP contribution is -2.59. The molecular weight excluding hydrogens is 481 g/mol. The molecule has 192 valence electrons. The molecular formula is C29H27F3N2O3. The molecule has 0 radical (unpaired) electrons. The average molecular weight is 509 g/mol. The SMILES string of the molecule is O=C(OCC1c2ccccc2-c2ccccc21)N1C2CCCC1CC(O)(c1ncccc1C(F)(F)F)C2. The maximum Gasteiger partial charge on any atom is 0.418 e. The zero-order chi connectivity index (χ0) is 25.8. The Kier molecular flexibility index (Phi) is 5.75. The molecule has 2 saturated heterocycles. The Morgan fingerprint density at radius 3 is 2.16 bits per heavy atom. The molecule has 0 spiro atoms. The van der Waals surface area contributed by atoms with Crippen molar-refractivity contribution in [2.24, 2.45) is 0 Å². The molecule has 3 heterocycles. The van der Waals surface area contributed by atoms with Gasteiger partial charge in [-0.3, -0.25) is 4.98 Å². The molecule has 1 N–H and O–H groups in total. The topological polar surface area (TPSA) is 62.7 Å². The van der Waals surface area contributed by atoms with Crippen LogP contribution in [0.15, 0.2) is 66.9 Å². The minimum absolute atomic E-state index is 0.00616. The van der Waals surface area contributed by atoms with E-state index < -0.39 is 35.5 Å². The molecule has 2 aromatic carbocycles. The maximum atomic E-state index is 13.7. The summed E-state index contributed by atoms with van der Waals surface area (Å²) >= 11 is 0. The van der Waals surface area contributed by atoms with Crippen molar-refractivity contribution in [2.75, 3.05) is 6.61 Å². The third kappa shape index (κ3) is 4.07. The van der Waals surface area contributed by atoms with Crippen molar-refractivity contribution >= 4 is 6.09 Å². The fourth-order valence-electron chi connectivity index (χ4n) is 6.59. The summed E-state index contributed by atoms with van der Waals surface area (Å²) in [4.78, 5) is 19.0. The van der Waals surface area contributed by atoms with Crippen LogP contribution in [0.25, 0.3) is 11.1 Å². The summed E-state index contributed by atoms with van der Waals surface area (Å²) in [7, 11) is 0. The highest BCUT2D eigenvalue weighted by Crippen LogP contribution is 2.48. The molecule has 5 nitrogen and oxygen atoms in total. The second kappa shape index (κ2) is 8.87. The number of hydrogen-bond donors (Lipinski definition) is 1. The molecule has 1 aromatic heterocycles. The number of amides is 1. The highest BCUT2D eigenvalue weighted by atomic mass is 19.4. The largest absolute Gasteiger partial charge is 0.448 e. The highest BCUT2D eigenvalue weighted by Gasteiger charge is 2.52. The van der Waals surface area contributed by atoms with Gasteiger partial charge in [0.2, 0.25) is 0 Å². The van der Waals surface area contributed by atoms with Crippen LogP contribution in [-0.4, -0.2) is 39.8 Å². The first-order valence-electron chi connectivity index (χ1n) is 12.6. The fourth-order valence-corrected chi connectivity index (χ4v) is 6.59. The minimum atomic E-state index is -4.63. The average Bonchev–Trinajstić information content (AvgIpc) is 3.20. The van der Waals surface area contributed by atoms with Gasteiger partial charge in [-0.05, 0) is 53.6 Å². The van der Waals surface area contributed by atoms with Gasteiger partial charge < -0.3 is 14.7 Å². The molecule has 2 bridgehead atoms. The molecule has 2 aliphatic heterocycles. The van der Waals surface area contributed by atoms with Crippen LogP contribution in [0.5, 0.6) is 0 Å². The fraction of sp³-hybridized carbons (Fsp3) is 0.379. The number of alkyl halides is 3. The van der Waals surface area contributed by atoms with E-state index in [1.54, 1.807) is 4.90 Å². The normalized spacial score (nSPS) is 24.9. The number of pyridine rings is 1. The van der Waals surface area contributed by atoms with Crippen LogP contribution in [0, 0.1) is 0 Å². The van der Waals surface area contributed by atoms with Gasteiger partial charge in [0.15, 0.2) is 0 Å². The van der Waals surface area contributed by atoms with Crippen LogP contribution in [0.4, 0.5) is 18.0 Å². The number of aliphatic hydroxyl groups is 1. The number of fused-ring (bicyclic) bond motifs is 5. The van der Waals surface area contributed by atoms with E-state index in [9.17, 15) is 23.1 Å². The maximum absolute atomic E-state index is 13.7. The Bertz CT molecular complexity index is 1280. The molecule has 6 rings (SSSR count). The number of ether oxygens (including phenoxy) is 1. The number of hydrogen-bond acceptors (Lipinski definition) is 4. The van der Waals surface area contributed by atoms with Gasteiger partial charge in [0.05, 0.1) is 11.3 Å². The number of nitrogens with zero attached hydrogens (tertiary/aromatic N) is 2. The van der Waals surface area contributed by atoms with E-state index in [4.69, 9.17) is 4.74 Å². The number of carbonyl (C=O) groups is 1. The summed E-state index contributed by atoms with van der Waals surface area (Å²) in [6, 6.07) is 17.5.